The zero-order valence-electron chi connectivity index (χ0n) is 70.9. The number of nitrogens with zero attached hydrogens (tertiary/aromatic N) is 2. The first-order chi connectivity index (χ1) is 59.7. The summed E-state index contributed by atoms with van der Waals surface area (Å²) >= 11 is 3.79. The topological polar surface area (TPSA) is 43.4 Å². The van der Waals surface area contributed by atoms with E-state index >= 15 is 0 Å². The first-order valence-electron chi connectivity index (χ1n) is 42.7. The lowest BCUT2D eigenvalue weighted by molar-refractivity contribution is 0.00578. The van der Waals surface area contributed by atoms with Crippen LogP contribution in [0, 0.1) is 13.8 Å². The molecule has 18 aromatic rings. The first-order valence-corrected chi connectivity index (χ1v) is 43.5. The number of hydrogen-bond acceptors (Lipinski definition) is 6. The molecule has 4 aliphatic rings. The average molecular weight is 1660 g/mol. The minimum atomic E-state index is -0.419. The molecule has 0 aliphatic carbocycles. The summed E-state index contributed by atoms with van der Waals surface area (Å²) in [7, 11) is -0.839. The van der Waals surface area contributed by atoms with Crippen molar-refractivity contribution in [2.24, 2.45) is 0 Å². The van der Waals surface area contributed by atoms with Crippen LogP contribution >= 0.6 is 15.9 Å². The van der Waals surface area contributed by atoms with Gasteiger partial charge in [-0.3, -0.25) is 0 Å². The third kappa shape index (κ3) is 14.2. The number of benzene rings is 18. The maximum absolute atomic E-state index is 6.38. The molecule has 0 radical (unpaired) electrons. The summed E-state index contributed by atoms with van der Waals surface area (Å²) in [6.45, 7) is 21.0. The van der Waals surface area contributed by atoms with Crippen molar-refractivity contribution < 1.29 is 18.6 Å². The van der Waals surface area contributed by atoms with Crippen molar-refractivity contribution in [3.05, 3.63) is 396 Å². The predicted molar refractivity (Wildman–Crippen MR) is 527 cm³/mol. The average Bonchev–Trinajstić information content (AvgIpc) is 1.02. The fourth-order valence-electron chi connectivity index (χ4n) is 18.4. The summed E-state index contributed by atoms with van der Waals surface area (Å²) in [5.41, 5.74) is 26.7. The summed E-state index contributed by atoms with van der Waals surface area (Å²) in [4.78, 5) is 4.77. The van der Waals surface area contributed by atoms with Crippen LogP contribution in [-0.2, 0) is 18.6 Å². The molecule has 2 fully saturated rings. The fourth-order valence-corrected chi connectivity index (χ4v) is 19.1. The molecule has 2 saturated heterocycles. The van der Waals surface area contributed by atoms with E-state index in [4.69, 9.17) is 18.6 Å². The number of anilines is 6. The van der Waals surface area contributed by atoms with Crippen molar-refractivity contribution in [3.8, 4) is 55.6 Å². The maximum Gasteiger partial charge on any atom is 0.494 e. The van der Waals surface area contributed by atoms with Crippen molar-refractivity contribution in [1.29, 1.82) is 0 Å². The quantitative estimate of drug-likeness (QED) is 0.106. The van der Waals surface area contributed by atoms with E-state index < -0.39 is 36.6 Å². The monoisotopic (exact) mass is 1650 g/mol. The van der Waals surface area contributed by atoms with Gasteiger partial charge in [-0.2, -0.15) is 0 Å². The Morgan fingerprint density at radius 2 is 0.447 bits per heavy atom. The van der Waals surface area contributed by atoms with Crippen molar-refractivity contribution >= 4 is 164 Å². The SMILES string of the molecule is Brc1c2ccccc2c(-c2ccccc2)c2ccccc12.Cc1ccc(N2c3ccc(-c4c5ccccc5c(-c5ccccc5)c5ccccc45)cc3C=Cc3cc(-c4c5ccccc5c(-c5ccccc5)c5ccccc45)ccc32)cc1.Cc1ccc(N2c3ccc(B4OC(C)(C)C(C)(C)O4)cc3C=Cc3cc(B4OC(C)(C)C(C)(C)O4)ccc32)cc1. The molecule has 0 bridgehead atoms. The van der Waals surface area contributed by atoms with Crippen LogP contribution in [-0.4, -0.2) is 36.6 Å². The van der Waals surface area contributed by atoms with Crippen molar-refractivity contribution in [3.63, 3.8) is 0 Å². The van der Waals surface area contributed by atoms with Crippen molar-refractivity contribution in [1.82, 2.24) is 0 Å². The van der Waals surface area contributed by atoms with Gasteiger partial charge in [0.2, 0.25) is 0 Å². The molecule has 0 unspecified atom stereocenters. The van der Waals surface area contributed by atoms with Gasteiger partial charge in [0.25, 0.3) is 0 Å². The Morgan fingerprint density at radius 1 is 0.228 bits per heavy atom. The van der Waals surface area contributed by atoms with E-state index in [-0.39, 0.29) is 0 Å². The number of hydrogen-bond donors (Lipinski definition) is 0. The van der Waals surface area contributed by atoms with Gasteiger partial charge in [-0.1, -0.05) is 333 Å². The first kappa shape index (κ1) is 78.6. The molecule has 0 aromatic heterocycles. The van der Waals surface area contributed by atoms with Gasteiger partial charge in [-0.05, 0) is 299 Å². The summed E-state index contributed by atoms with van der Waals surface area (Å²) in [6, 6.07) is 130. The lowest BCUT2D eigenvalue weighted by Gasteiger charge is -2.32. The van der Waals surface area contributed by atoms with E-state index in [1.165, 1.54) is 147 Å². The maximum atomic E-state index is 6.38. The Bertz CT molecular complexity index is 6740. The van der Waals surface area contributed by atoms with Gasteiger partial charge in [-0.25, -0.2) is 0 Å². The smallest absolute Gasteiger partial charge is 0.399 e. The van der Waals surface area contributed by atoms with Gasteiger partial charge < -0.3 is 28.4 Å². The van der Waals surface area contributed by atoms with Gasteiger partial charge in [0, 0.05) is 15.8 Å². The Hall–Kier alpha value is -13.0. The van der Waals surface area contributed by atoms with Gasteiger partial charge in [0.1, 0.15) is 0 Å². The van der Waals surface area contributed by atoms with E-state index in [0.29, 0.717) is 0 Å². The van der Waals surface area contributed by atoms with Crippen LogP contribution in [0.15, 0.2) is 362 Å². The van der Waals surface area contributed by atoms with E-state index in [1.54, 1.807) is 0 Å². The van der Waals surface area contributed by atoms with Crippen molar-refractivity contribution in [2.45, 2.75) is 91.6 Å². The van der Waals surface area contributed by atoms with Crippen LogP contribution in [0.25, 0.3) is 145 Å². The third-order valence-corrected chi connectivity index (χ3v) is 27.0. The Kier molecular flexibility index (Phi) is 20.1. The highest BCUT2D eigenvalue weighted by Gasteiger charge is 2.53. The number of aryl methyl sites for hydroxylation is 2. The van der Waals surface area contributed by atoms with Gasteiger partial charge in [-0.15, -0.1) is 0 Å². The molecule has 22 rings (SSSR count). The van der Waals surface area contributed by atoms with Crippen molar-refractivity contribution in [2.75, 3.05) is 9.80 Å². The van der Waals surface area contributed by atoms with E-state index in [2.05, 4.69) is 477 Å². The number of rotatable bonds is 9. The molecule has 18 aromatic carbocycles. The molecule has 0 atom stereocenters. The molecule has 0 spiro atoms. The Labute approximate surface area is 730 Å². The van der Waals surface area contributed by atoms with Crippen LogP contribution < -0.4 is 20.7 Å². The third-order valence-electron chi connectivity index (χ3n) is 26.1. The van der Waals surface area contributed by atoms with E-state index in [0.717, 1.165) is 56.2 Å². The number of halogens is 1. The zero-order chi connectivity index (χ0) is 84.0. The summed E-state index contributed by atoms with van der Waals surface area (Å²) < 4.78 is 26.7. The molecule has 0 saturated carbocycles. The van der Waals surface area contributed by atoms with Crippen LogP contribution in [0.3, 0.4) is 0 Å². The second-order valence-corrected chi connectivity index (χ2v) is 35.7. The van der Waals surface area contributed by atoms with Crippen LogP contribution in [0.4, 0.5) is 34.1 Å². The van der Waals surface area contributed by atoms with Crippen LogP contribution in [0.1, 0.15) is 88.8 Å². The highest BCUT2D eigenvalue weighted by atomic mass is 79.9. The molecule has 0 amide bonds. The highest BCUT2D eigenvalue weighted by molar-refractivity contribution is 9.10. The molecule has 4 aliphatic heterocycles. The predicted octanol–water partition coefficient (Wildman–Crippen LogP) is 30.2. The molecule has 9 heteroatoms. The van der Waals surface area contributed by atoms with Gasteiger partial charge in [0.15, 0.2) is 0 Å². The zero-order valence-corrected chi connectivity index (χ0v) is 72.5. The minimum absolute atomic E-state index is 0.394. The number of fused-ring (bicyclic) bond motifs is 10. The summed E-state index contributed by atoms with van der Waals surface area (Å²) in [6.07, 6.45) is 9.02. The summed E-state index contributed by atoms with van der Waals surface area (Å²) in [5, 5.41) is 15.1. The molecule has 6 nitrogen and oxygen atoms in total. The Balaban J connectivity index is 0.000000133. The molecule has 4 heterocycles. The van der Waals surface area contributed by atoms with E-state index in [9.17, 15) is 0 Å². The molecule has 123 heavy (non-hydrogen) atoms. The van der Waals surface area contributed by atoms with Gasteiger partial charge in [0.05, 0.1) is 45.2 Å². The lowest BCUT2D eigenvalue weighted by Crippen LogP contribution is -2.41. The molecule has 0 N–H and O–H groups in total. The van der Waals surface area contributed by atoms with Crippen LogP contribution in [0.5, 0.6) is 0 Å². The molecular weight excluding hydrogens is 1560 g/mol. The fraction of sp³-hybridized carbons (Fsp3) is 0.123. The van der Waals surface area contributed by atoms with Crippen LogP contribution in [0.2, 0.25) is 0 Å². The molecular formula is C114H93B2BrN2O4. The van der Waals surface area contributed by atoms with E-state index in [1.807, 2.05) is 0 Å². The second kappa shape index (κ2) is 31.5. The standard InChI is InChI=1S/C61H41N.C33H39B2NO4.C20H13Br/c1-40-28-34-47(35-29-40)62-56-36-32-45(60-52-24-12-8-20-48(52)58(41-16-4-2-5-17-41)49-21-9-13-25-53(49)60)38-43(56)30-31-44-39-46(33-37-57(44)62)61-54-26-14-10-22-50(54)59(42-18-6-3-7-19-42)51-23-11-15-27-55(51)61;1-22-10-16-27(17-11-22)36-28-18-14-25(34-37-30(2,3)31(4,5)38-34)20-23(28)12-13-24-21-26(15-19-29(24)36)35-39-32(6,7)33(8,9)40-35;21-20-17-12-6-4-10-15(17)19(14-8-2-1-3-9-14)16-11-5-7-13-18(16)20/h2-39H,1H3;10-21H,1-9H3;1-13H. The lowest BCUT2D eigenvalue weighted by atomic mass is 9.78. The Morgan fingerprint density at radius 3 is 0.715 bits per heavy atom. The summed E-state index contributed by atoms with van der Waals surface area (Å²) in [5.74, 6) is 0. The molecule has 596 valence electrons. The highest BCUT2D eigenvalue weighted by Crippen LogP contribution is 2.52. The normalized spacial score (nSPS) is 15.1. The minimum Gasteiger partial charge on any atom is -0.399 e. The second-order valence-electron chi connectivity index (χ2n) is 34.9. The van der Waals surface area contributed by atoms with Gasteiger partial charge >= 0.3 is 14.2 Å². The largest absolute Gasteiger partial charge is 0.494 e.